The second kappa shape index (κ2) is 3.82. The lowest BCUT2D eigenvalue weighted by molar-refractivity contribution is -0.160. The van der Waals surface area contributed by atoms with Crippen molar-refractivity contribution in [1.82, 2.24) is 10.3 Å². The molecule has 4 rings (SSSR count). The molecule has 1 aromatic heterocycles. The van der Waals surface area contributed by atoms with Crippen LogP contribution in [0.5, 0.6) is 0 Å². The number of hydrogen-bond acceptors (Lipinski definition) is 3. The zero-order chi connectivity index (χ0) is 13.0. The summed E-state index contributed by atoms with van der Waals surface area (Å²) in [5.41, 5.74) is 3.45. The number of carbonyl (C=O) groups is 1. The van der Waals surface area contributed by atoms with Gasteiger partial charge >= 0.3 is 5.97 Å². The van der Waals surface area contributed by atoms with E-state index in [-0.39, 0.29) is 12.1 Å². The number of carboxylic acid groups (broad SMARTS) is 1. The summed E-state index contributed by atoms with van der Waals surface area (Å²) in [5.74, 6) is -0.905. The maximum Gasteiger partial charge on any atom is 0.334 e. The maximum absolute atomic E-state index is 11.1. The van der Waals surface area contributed by atoms with Crippen LogP contribution in [0.3, 0.4) is 0 Å². The van der Waals surface area contributed by atoms with E-state index < -0.39 is 12.1 Å². The lowest BCUT2D eigenvalue weighted by Crippen LogP contribution is -2.52. The number of hydrogen-bond donors (Lipinski definition) is 3. The van der Waals surface area contributed by atoms with Crippen molar-refractivity contribution in [2.24, 2.45) is 0 Å². The van der Waals surface area contributed by atoms with Gasteiger partial charge in [0.05, 0.1) is 6.10 Å². The Bertz CT molecular complexity index is 664. The molecule has 0 amide bonds. The minimum atomic E-state index is -0.905. The van der Waals surface area contributed by atoms with Crippen LogP contribution in [0.25, 0.3) is 10.9 Å². The maximum atomic E-state index is 11.1. The lowest BCUT2D eigenvalue weighted by atomic mass is 9.85. The lowest BCUT2D eigenvalue weighted by Gasteiger charge is -2.39. The fourth-order valence-electron chi connectivity index (χ4n) is 3.22. The molecule has 19 heavy (non-hydrogen) atoms. The largest absolute Gasteiger partial charge is 0.479 e. The number of fused-ring (bicyclic) bond motifs is 2. The predicted molar refractivity (Wildman–Crippen MR) is 69.0 cm³/mol. The zero-order valence-electron chi connectivity index (χ0n) is 10.2. The van der Waals surface area contributed by atoms with Crippen LogP contribution in [-0.4, -0.2) is 34.8 Å². The average molecular weight is 258 g/mol. The molecular formula is C14H14N2O3. The van der Waals surface area contributed by atoms with E-state index in [4.69, 9.17) is 9.84 Å². The van der Waals surface area contributed by atoms with Gasteiger partial charge < -0.3 is 20.1 Å². The van der Waals surface area contributed by atoms with E-state index in [9.17, 15) is 4.79 Å². The monoisotopic (exact) mass is 258 g/mol. The number of benzene rings is 1. The van der Waals surface area contributed by atoms with E-state index in [0.29, 0.717) is 6.54 Å². The second-order valence-corrected chi connectivity index (χ2v) is 5.19. The zero-order valence-corrected chi connectivity index (χ0v) is 10.2. The molecule has 1 aromatic carbocycles. The highest BCUT2D eigenvalue weighted by molar-refractivity contribution is 5.88. The fourth-order valence-corrected chi connectivity index (χ4v) is 3.22. The number of H-pyrrole nitrogens is 1. The molecule has 0 radical (unpaired) electrons. The Morgan fingerprint density at radius 2 is 2.32 bits per heavy atom. The Hall–Kier alpha value is -1.85. The van der Waals surface area contributed by atoms with E-state index in [1.807, 2.05) is 24.4 Å². The van der Waals surface area contributed by atoms with Crippen molar-refractivity contribution < 1.29 is 14.6 Å². The van der Waals surface area contributed by atoms with Crippen LogP contribution in [0.1, 0.15) is 17.2 Å². The van der Waals surface area contributed by atoms with Crippen molar-refractivity contribution in [1.29, 1.82) is 0 Å². The number of nitrogens with one attached hydrogen (secondary N) is 2. The number of rotatable bonds is 1. The highest BCUT2D eigenvalue weighted by Gasteiger charge is 2.39. The van der Waals surface area contributed by atoms with Gasteiger partial charge in [-0.05, 0) is 23.6 Å². The molecule has 98 valence electrons. The first-order valence-electron chi connectivity index (χ1n) is 6.44. The Labute approximate surface area is 109 Å². The number of aromatic nitrogens is 1. The van der Waals surface area contributed by atoms with Gasteiger partial charge in [0.1, 0.15) is 0 Å². The number of aliphatic carboxylic acids is 1. The average Bonchev–Trinajstić information content (AvgIpc) is 2.83. The molecule has 5 heteroatoms. The first kappa shape index (κ1) is 11.0. The molecule has 1 aliphatic carbocycles. The molecule has 0 bridgehead atoms. The highest BCUT2D eigenvalue weighted by Crippen LogP contribution is 2.39. The number of carboxylic acids is 1. The van der Waals surface area contributed by atoms with Gasteiger partial charge in [-0.2, -0.15) is 0 Å². The van der Waals surface area contributed by atoms with Crippen molar-refractivity contribution in [2.75, 3.05) is 6.54 Å². The summed E-state index contributed by atoms with van der Waals surface area (Å²) < 4.78 is 5.79. The molecule has 0 saturated carbocycles. The number of ether oxygens (including phenoxy) is 1. The van der Waals surface area contributed by atoms with E-state index in [1.165, 1.54) is 10.9 Å². The van der Waals surface area contributed by atoms with Crippen molar-refractivity contribution >= 4 is 16.9 Å². The first-order chi connectivity index (χ1) is 9.24. The smallest absolute Gasteiger partial charge is 0.334 e. The summed E-state index contributed by atoms with van der Waals surface area (Å²) in [7, 11) is 0. The molecule has 2 aromatic rings. The minimum absolute atomic E-state index is 0.157. The Balaban J connectivity index is 1.82. The molecule has 2 heterocycles. The van der Waals surface area contributed by atoms with Gasteiger partial charge in [-0.25, -0.2) is 4.79 Å². The van der Waals surface area contributed by atoms with Gasteiger partial charge in [0.2, 0.25) is 0 Å². The summed E-state index contributed by atoms with van der Waals surface area (Å²) in [4.78, 5) is 14.4. The van der Waals surface area contributed by atoms with Crippen molar-refractivity contribution in [2.45, 2.75) is 24.7 Å². The summed E-state index contributed by atoms with van der Waals surface area (Å²) in [6.07, 6.45) is 1.96. The van der Waals surface area contributed by atoms with Gasteiger partial charge in [-0.15, -0.1) is 0 Å². The standard InChI is InChI=1S/C14H14N2O3/c17-14(18)11-6-16-10-4-7-5-15-9-3-1-2-8(12(7)9)13(10)19-11/h1-3,5,10-11,13,15-16H,4,6H2,(H,17,18)/t10-,11?,13?/m1/s1. The van der Waals surface area contributed by atoms with E-state index in [1.54, 1.807) is 0 Å². The number of aromatic amines is 1. The fraction of sp³-hybridized carbons (Fsp3) is 0.357. The molecule has 3 atom stereocenters. The first-order valence-corrected chi connectivity index (χ1v) is 6.44. The summed E-state index contributed by atoms with van der Waals surface area (Å²) >= 11 is 0. The topological polar surface area (TPSA) is 74.4 Å². The molecule has 3 N–H and O–H groups in total. The third-order valence-corrected chi connectivity index (χ3v) is 4.08. The van der Waals surface area contributed by atoms with Gasteiger partial charge in [0.15, 0.2) is 6.10 Å². The van der Waals surface area contributed by atoms with Gasteiger partial charge in [0.25, 0.3) is 0 Å². The van der Waals surface area contributed by atoms with Crippen molar-refractivity contribution in [3.63, 3.8) is 0 Å². The quantitative estimate of drug-likeness (QED) is 0.718. The van der Waals surface area contributed by atoms with Crippen LogP contribution in [0.15, 0.2) is 24.4 Å². The third-order valence-electron chi connectivity index (χ3n) is 4.08. The molecule has 1 saturated heterocycles. The normalized spacial score (nSPS) is 29.2. The SMILES string of the molecule is O=C(O)C1CN[C@@H]2Cc3c[nH]c4cccc(c34)C2O1. The van der Waals surface area contributed by atoms with Crippen LogP contribution in [0, 0.1) is 0 Å². The van der Waals surface area contributed by atoms with Crippen LogP contribution < -0.4 is 5.32 Å². The molecule has 1 fully saturated rings. The molecule has 5 nitrogen and oxygen atoms in total. The molecule has 0 spiro atoms. The molecule has 2 aliphatic rings. The van der Waals surface area contributed by atoms with Gasteiger partial charge in [-0.3, -0.25) is 0 Å². The second-order valence-electron chi connectivity index (χ2n) is 5.19. The van der Waals surface area contributed by atoms with Crippen molar-refractivity contribution in [3.05, 3.63) is 35.5 Å². The Morgan fingerprint density at radius 1 is 1.42 bits per heavy atom. The minimum Gasteiger partial charge on any atom is -0.479 e. The third kappa shape index (κ3) is 1.52. The Kier molecular flexibility index (Phi) is 2.22. The highest BCUT2D eigenvalue weighted by atomic mass is 16.5. The van der Waals surface area contributed by atoms with E-state index >= 15 is 0 Å². The Morgan fingerprint density at radius 3 is 3.16 bits per heavy atom. The van der Waals surface area contributed by atoms with Crippen LogP contribution in [-0.2, 0) is 16.0 Å². The van der Waals surface area contributed by atoms with Gasteiger partial charge in [-0.1, -0.05) is 12.1 Å². The summed E-state index contributed by atoms with van der Waals surface area (Å²) in [6.45, 7) is 0.367. The van der Waals surface area contributed by atoms with Crippen molar-refractivity contribution in [3.8, 4) is 0 Å². The predicted octanol–water partition coefficient (Wildman–Crippen LogP) is 1.21. The van der Waals surface area contributed by atoms with E-state index in [2.05, 4.69) is 10.3 Å². The summed E-state index contributed by atoms with van der Waals surface area (Å²) in [5, 5.41) is 13.6. The molecule has 2 unspecified atom stereocenters. The molecular weight excluding hydrogens is 244 g/mol. The van der Waals surface area contributed by atoms with Crippen LogP contribution in [0.2, 0.25) is 0 Å². The number of morpholine rings is 1. The summed E-state index contributed by atoms with van der Waals surface area (Å²) in [6, 6.07) is 6.20. The van der Waals surface area contributed by atoms with Gasteiger partial charge in [0, 0.05) is 29.7 Å². The van der Waals surface area contributed by atoms with Crippen LogP contribution in [0.4, 0.5) is 0 Å². The molecule has 1 aliphatic heterocycles. The van der Waals surface area contributed by atoms with Crippen LogP contribution >= 0.6 is 0 Å². The van der Waals surface area contributed by atoms with E-state index in [0.717, 1.165) is 17.5 Å².